The van der Waals surface area contributed by atoms with E-state index in [2.05, 4.69) is 5.32 Å². The third kappa shape index (κ3) is 3.36. The van der Waals surface area contributed by atoms with Gasteiger partial charge < -0.3 is 19.6 Å². The lowest BCUT2D eigenvalue weighted by atomic mass is 9.93. The molecule has 22 heavy (non-hydrogen) atoms. The zero-order valence-corrected chi connectivity index (χ0v) is 13.0. The Morgan fingerprint density at radius 1 is 1.14 bits per heavy atom. The van der Waals surface area contributed by atoms with Crippen molar-refractivity contribution < 1.29 is 19.1 Å². The van der Waals surface area contributed by atoms with Gasteiger partial charge in [0, 0.05) is 11.1 Å². The van der Waals surface area contributed by atoms with Crippen molar-refractivity contribution in [2.45, 2.75) is 33.1 Å². The molecule has 2 rings (SSSR count). The van der Waals surface area contributed by atoms with Crippen LogP contribution < -0.4 is 10.4 Å². The van der Waals surface area contributed by atoms with Crippen LogP contribution in [0.25, 0.3) is 0 Å². The third-order valence-electron chi connectivity index (χ3n) is 3.28. The van der Waals surface area contributed by atoms with Crippen LogP contribution in [0.3, 0.4) is 0 Å². The second-order valence-electron chi connectivity index (χ2n) is 6.15. The highest BCUT2D eigenvalue weighted by molar-refractivity contribution is 6.05. The van der Waals surface area contributed by atoms with E-state index in [9.17, 15) is 14.7 Å². The average molecular weight is 300 g/mol. The molecule has 0 spiro atoms. The maximum absolute atomic E-state index is 12.3. The van der Waals surface area contributed by atoms with E-state index in [4.69, 9.17) is 4.42 Å². The highest BCUT2D eigenvalue weighted by Gasteiger charge is 2.23. The molecule has 0 saturated carbocycles. The molecule has 0 unspecified atom stereocenters. The van der Waals surface area contributed by atoms with Gasteiger partial charge in [-0.2, -0.15) is 0 Å². The Hall–Kier alpha value is -2.56. The fraction of sp³-hybridized carbons (Fsp3) is 0.294. The van der Waals surface area contributed by atoms with Gasteiger partial charge in [-0.25, -0.2) is 0 Å². The topological polar surface area (TPSA) is 82.4 Å². The molecule has 0 aliphatic carbocycles. The largest absolute Gasteiger partial charge is 0.545 e. The molecule has 0 bridgehead atoms. The number of carboxylic acids is 1. The van der Waals surface area contributed by atoms with Crippen molar-refractivity contribution in [2.75, 3.05) is 5.32 Å². The van der Waals surface area contributed by atoms with Crippen LogP contribution in [0.5, 0.6) is 0 Å². The van der Waals surface area contributed by atoms with E-state index < -0.39 is 5.97 Å². The standard InChI is InChI=1S/C17H19NO4/c1-10-13(9-14(22-10)17(2,3)4)15(19)18-12-7-5-11(6-8-12)16(20)21/h5-9H,1-4H3,(H,18,19)(H,20,21)/p-1. The van der Waals surface area contributed by atoms with Crippen molar-refractivity contribution in [1.82, 2.24) is 0 Å². The Bertz CT molecular complexity index is 705. The number of nitrogens with one attached hydrogen (secondary N) is 1. The second kappa shape index (κ2) is 5.67. The number of carbonyl (C=O) groups excluding carboxylic acids is 2. The van der Waals surface area contributed by atoms with Crippen LogP contribution in [0.1, 0.15) is 53.0 Å². The Labute approximate surface area is 129 Å². The fourth-order valence-corrected chi connectivity index (χ4v) is 1.97. The maximum atomic E-state index is 12.3. The van der Waals surface area contributed by atoms with Crippen LogP contribution in [0.4, 0.5) is 5.69 Å². The van der Waals surface area contributed by atoms with Crippen molar-refractivity contribution in [3.63, 3.8) is 0 Å². The molecule has 5 heteroatoms. The highest BCUT2D eigenvalue weighted by Crippen LogP contribution is 2.27. The normalized spacial score (nSPS) is 11.3. The molecule has 0 radical (unpaired) electrons. The van der Waals surface area contributed by atoms with Crippen molar-refractivity contribution >= 4 is 17.6 Å². The minimum atomic E-state index is -1.25. The third-order valence-corrected chi connectivity index (χ3v) is 3.28. The number of anilines is 1. The number of carbonyl (C=O) groups is 2. The van der Waals surface area contributed by atoms with Crippen LogP contribution in [-0.4, -0.2) is 11.9 Å². The van der Waals surface area contributed by atoms with E-state index in [1.807, 2.05) is 20.8 Å². The van der Waals surface area contributed by atoms with Gasteiger partial charge in [0.15, 0.2) is 0 Å². The van der Waals surface area contributed by atoms with E-state index in [1.165, 1.54) is 24.3 Å². The number of amides is 1. The molecule has 1 amide bonds. The van der Waals surface area contributed by atoms with Gasteiger partial charge in [-0.1, -0.05) is 32.9 Å². The van der Waals surface area contributed by atoms with Gasteiger partial charge in [0.1, 0.15) is 11.5 Å². The average Bonchev–Trinajstić information content (AvgIpc) is 2.81. The van der Waals surface area contributed by atoms with Crippen LogP contribution in [-0.2, 0) is 5.41 Å². The molecule has 2 aromatic rings. The molecule has 0 fully saturated rings. The summed E-state index contributed by atoms with van der Waals surface area (Å²) >= 11 is 0. The fourth-order valence-electron chi connectivity index (χ4n) is 1.97. The van der Waals surface area contributed by atoms with E-state index in [-0.39, 0.29) is 16.9 Å². The molecular formula is C17H18NO4-. The lowest BCUT2D eigenvalue weighted by Crippen LogP contribution is -2.22. The molecular weight excluding hydrogens is 282 g/mol. The highest BCUT2D eigenvalue weighted by atomic mass is 16.4. The van der Waals surface area contributed by atoms with Crippen LogP contribution >= 0.6 is 0 Å². The number of furan rings is 1. The van der Waals surface area contributed by atoms with Gasteiger partial charge >= 0.3 is 0 Å². The van der Waals surface area contributed by atoms with Crippen molar-refractivity contribution in [2.24, 2.45) is 0 Å². The van der Waals surface area contributed by atoms with Gasteiger partial charge in [0.2, 0.25) is 0 Å². The number of hydrogen-bond donors (Lipinski definition) is 1. The molecule has 0 aliphatic heterocycles. The summed E-state index contributed by atoms with van der Waals surface area (Å²) in [6, 6.07) is 7.54. The summed E-state index contributed by atoms with van der Waals surface area (Å²) in [7, 11) is 0. The molecule has 0 atom stereocenters. The Morgan fingerprint density at radius 3 is 2.18 bits per heavy atom. The second-order valence-corrected chi connectivity index (χ2v) is 6.15. The Balaban J connectivity index is 2.19. The molecule has 1 heterocycles. The molecule has 116 valence electrons. The summed E-state index contributed by atoms with van der Waals surface area (Å²) in [5.41, 5.74) is 0.855. The molecule has 1 aromatic carbocycles. The summed E-state index contributed by atoms with van der Waals surface area (Å²) in [5, 5.41) is 13.4. The quantitative estimate of drug-likeness (QED) is 0.944. The van der Waals surface area contributed by atoms with Crippen LogP contribution in [0.15, 0.2) is 34.7 Å². The SMILES string of the molecule is Cc1oc(C(C)(C)C)cc1C(=O)Nc1ccc(C(=O)[O-])cc1. The summed E-state index contributed by atoms with van der Waals surface area (Å²) in [4.78, 5) is 23.0. The van der Waals surface area contributed by atoms with E-state index >= 15 is 0 Å². The van der Waals surface area contributed by atoms with Gasteiger partial charge in [-0.05, 0) is 30.7 Å². The molecule has 5 nitrogen and oxygen atoms in total. The van der Waals surface area contributed by atoms with Crippen LogP contribution in [0, 0.1) is 6.92 Å². The van der Waals surface area contributed by atoms with E-state index in [0.29, 0.717) is 17.0 Å². The number of benzene rings is 1. The maximum Gasteiger partial charge on any atom is 0.259 e. The first-order valence-corrected chi connectivity index (χ1v) is 6.92. The minimum Gasteiger partial charge on any atom is -0.545 e. The lowest BCUT2D eigenvalue weighted by molar-refractivity contribution is -0.255. The number of aromatic carboxylic acids is 1. The Morgan fingerprint density at radius 2 is 1.73 bits per heavy atom. The summed E-state index contributed by atoms with van der Waals surface area (Å²) < 4.78 is 5.64. The first-order valence-electron chi connectivity index (χ1n) is 6.92. The number of hydrogen-bond acceptors (Lipinski definition) is 4. The van der Waals surface area contributed by atoms with Gasteiger partial charge in [0.05, 0.1) is 11.5 Å². The smallest absolute Gasteiger partial charge is 0.259 e. The molecule has 1 aromatic heterocycles. The van der Waals surface area contributed by atoms with Gasteiger partial charge in [0.25, 0.3) is 5.91 Å². The van der Waals surface area contributed by atoms with Crippen LogP contribution in [0.2, 0.25) is 0 Å². The number of aryl methyl sites for hydroxylation is 1. The minimum absolute atomic E-state index is 0.0625. The van der Waals surface area contributed by atoms with Gasteiger partial charge in [-0.3, -0.25) is 4.79 Å². The summed E-state index contributed by atoms with van der Waals surface area (Å²) in [6.07, 6.45) is 0. The molecule has 1 N–H and O–H groups in total. The predicted octanol–water partition coefficient (Wildman–Crippen LogP) is 2.50. The van der Waals surface area contributed by atoms with Crippen molar-refractivity contribution in [1.29, 1.82) is 0 Å². The van der Waals surface area contributed by atoms with Gasteiger partial charge in [-0.15, -0.1) is 0 Å². The summed E-state index contributed by atoms with van der Waals surface area (Å²) in [6.45, 7) is 7.76. The zero-order chi connectivity index (χ0) is 16.5. The zero-order valence-electron chi connectivity index (χ0n) is 13.0. The van der Waals surface area contributed by atoms with Crippen molar-refractivity contribution in [3.8, 4) is 0 Å². The predicted molar refractivity (Wildman–Crippen MR) is 80.9 cm³/mol. The van der Waals surface area contributed by atoms with E-state index in [1.54, 1.807) is 13.0 Å². The van der Waals surface area contributed by atoms with Crippen molar-refractivity contribution in [3.05, 3.63) is 53.0 Å². The first kappa shape index (κ1) is 15.8. The monoisotopic (exact) mass is 300 g/mol. The first-order chi connectivity index (χ1) is 10.2. The number of carboxylic acid groups (broad SMARTS) is 1. The number of rotatable bonds is 3. The molecule has 0 saturated heterocycles. The molecule has 0 aliphatic rings. The van der Waals surface area contributed by atoms with E-state index in [0.717, 1.165) is 5.76 Å². The Kier molecular flexibility index (Phi) is 4.08. The summed E-state index contributed by atoms with van der Waals surface area (Å²) in [5.74, 6) is -0.257. The lowest BCUT2D eigenvalue weighted by Gasteiger charge is -2.13.